The van der Waals surface area contributed by atoms with Gasteiger partial charge < -0.3 is 9.47 Å². The number of nitrogens with zero attached hydrogens (tertiary/aromatic N) is 1. The van der Waals surface area contributed by atoms with Crippen molar-refractivity contribution < 1.29 is 14.3 Å². The molecule has 0 spiro atoms. The number of morpholine rings is 1. The fourth-order valence-electron chi connectivity index (χ4n) is 2.88. The monoisotopic (exact) mass is 257 g/mol. The Balaban J connectivity index is 2.82. The Morgan fingerprint density at radius 3 is 2.11 bits per heavy atom. The van der Waals surface area contributed by atoms with Crippen molar-refractivity contribution in [1.29, 1.82) is 0 Å². The van der Waals surface area contributed by atoms with Crippen LogP contribution in [0.4, 0.5) is 0 Å². The first-order valence-electron chi connectivity index (χ1n) is 6.81. The van der Waals surface area contributed by atoms with Crippen LogP contribution in [0, 0.1) is 0 Å². The smallest absolute Gasteiger partial charge is 0.323 e. The number of ether oxygens (including phenoxy) is 2. The van der Waals surface area contributed by atoms with Crippen molar-refractivity contribution in [3.63, 3.8) is 0 Å². The highest BCUT2D eigenvalue weighted by molar-refractivity contribution is 5.75. The molecule has 1 rings (SSSR count). The van der Waals surface area contributed by atoms with Crippen LogP contribution in [0.5, 0.6) is 0 Å². The van der Waals surface area contributed by atoms with E-state index in [1.807, 2.05) is 13.8 Å². The average Bonchev–Trinajstić information content (AvgIpc) is 2.13. The van der Waals surface area contributed by atoms with Crippen LogP contribution in [0.2, 0.25) is 0 Å². The van der Waals surface area contributed by atoms with Crippen molar-refractivity contribution in [2.75, 3.05) is 19.7 Å². The van der Waals surface area contributed by atoms with Gasteiger partial charge in [0, 0.05) is 13.1 Å². The molecule has 4 heteroatoms. The Kier molecular flexibility index (Phi) is 4.78. The Hall–Kier alpha value is -0.610. The van der Waals surface area contributed by atoms with E-state index in [-0.39, 0.29) is 23.2 Å². The second-order valence-electron chi connectivity index (χ2n) is 6.20. The van der Waals surface area contributed by atoms with Crippen molar-refractivity contribution in [3.05, 3.63) is 0 Å². The molecular formula is C14H27NO3. The molecule has 1 saturated heterocycles. The van der Waals surface area contributed by atoms with E-state index in [1.165, 1.54) is 0 Å². The molecule has 1 heterocycles. The van der Waals surface area contributed by atoms with Crippen LogP contribution < -0.4 is 0 Å². The van der Waals surface area contributed by atoms with Gasteiger partial charge >= 0.3 is 5.97 Å². The topological polar surface area (TPSA) is 38.8 Å². The number of rotatable bonds is 4. The molecule has 18 heavy (non-hydrogen) atoms. The highest BCUT2D eigenvalue weighted by Gasteiger charge is 2.42. The minimum absolute atomic E-state index is 0.117. The quantitative estimate of drug-likeness (QED) is 0.724. The highest BCUT2D eigenvalue weighted by Crippen LogP contribution is 2.30. The van der Waals surface area contributed by atoms with E-state index in [2.05, 4.69) is 32.6 Å². The summed E-state index contributed by atoms with van der Waals surface area (Å²) in [7, 11) is 0. The van der Waals surface area contributed by atoms with Gasteiger partial charge in [-0.05, 0) is 41.0 Å². The fourth-order valence-corrected chi connectivity index (χ4v) is 2.88. The summed E-state index contributed by atoms with van der Waals surface area (Å²) in [6.45, 7) is 14.1. The zero-order valence-corrected chi connectivity index (χ0v) is 12.6. The van der Waals surface area contributed by atoms with Gasteiger partial charge in [0.25, 0.3) is 0 Å². The molecule has 1 fully saturated rings. The van der Waals surface area contributed by atoms with Gasteiger partial charge in [-0.15, -0.1) is 0 Å². The first kappa shape index (κ1) is 15.4. The third-order valence-electron chi connectivity index (χ3n) is 3.11. The first-order chi connectivity index (χ1) is 8.21. The largest absolute Gasteiger partial charge is 0.465 e. The lowest BCUT2D eigenvalue weighted by atomic mass is 9.96. The molecular weight excluding hydrogens is 230 g/mol. The standard InChI is InChI=1S/C14H27NO3/c1-7-11(12(16)17-8-2)15-9-13(3,4)18-14(5,6)10-15/h11H,7-10H2,1-6H3. The third-order valence-corrected chi connectivity index (χ3v) is 3.11. The van der Waals surface area contributed by atoms with E-state index < -0.39 is 0 Å². The predicted molar refractivity (Wildman–Crippen MR) is 71.5 cm³/mol. The summed E-state index contributed by atoms with van der Waals surface area (Å²) in [5, 5.41) is 0. The minimum atomic E-state index is -0.234. The molecule has 1 aliphatic rings. The van der Waals surface area contributed by atoms with Gasteiger partial charge in [-0.2, -0.15) is 0 Å². The van der Waals surface area contributed by atoms with E-state index in [0.717, 1.165) is 19.5 Å². The van der Waals surface area contributed by atoms with Crippen LogP contribution in [0.25, 0.3) is 0 Å². The predicted octanol–water partition coefficient (Wildman–Crippen LogP) is 2.22. The highest BCUT2D eigenvalue weighted by atomic mass is 16.5. The third kappa shape index (κ3) is 3.95. The van der Waals surface area contributed by atoms with E-state index in [4.69, 9.17) is 9.47 Å². The van der Waals surface area contributed by atoms with E-state index >= 15 is 0 Å². The molecule has 0 aromatic carbocycles. The Morgan fingerprint density at radius 1 is 1.22 bits per heavy atom. The zero-order valence-electron chi connectivity index (χ0n) is 12.6. The molecule has 1 atom stereocenters. The Labute approximate surface area is 111 Å². The maximum atomic E-state index is 12.0. The maximum absolute atomic E-state index is 12.0. The Morgan fingerprint density at radius 2 is 1.72 bits per heavy atom. The van der Waals surface area contributed by atoms with Gasteiger partial charge in [-0.25, -0.2) is 0 Å². The number of carbonyl (C=O) groups excluding carboxylic acids is 1. The van der Waals surface area contributed by atoms with Crippen LogP contribution in [0.15, 0.2) is 0 Å². The summed E-state index contributed by atoms with van der Waals surface area (Å²) in [5.74, 6) is -0.117. The molecule has 0 aliphatic carbocycles. The van der Waals surface area contributed by atoms with Crippen LogP contribution in [0.1, 0.15) is 48.0 Å². The minimum Gasteiger partial charge on any atom is -0.465 e. The molecule has 0 bridgehead atoms. The van der Waals surface area contributed by atoms with Crippen LogP contribution in [-0.2, 0) is 14.3 Å². The first-order valence-corrected chi connectivity index (χ1v) is 6.81. The van der Waals surface area contributed by atoms with Crippen LogP contribution in [-0.4, -0.2) is 47.8 Å². The molecule has 106 valence electrons. The van der Waals surface area contributed by atoms with Gasteiger partial charge in [0.2, 0.25) is 0 Å². The Bertz CT molecular complexity index is 283. The molecule has 4 nitrogen and oxygen atoms in total. The van der Waals surface area contributed by atoms with Gasteiger partial charge in [-0.1, -0.05) is 6.92 Å². The van der Waals surface area contributed by atoms with Crippen molar-refractivity contribution in [2.24, 2.45) is 0 Å². The summed E-state index contributed by atoms with van der Waals surface area (Å²) in [6, 6.07) is -0.160. The maximum Gasteiger partial charge on any atom is 0.323 e. The van der Waals surface area contributed by atoms with Gasteiger partial charge in [0.15, 0.2) is 0 Å². The summed E-state index contributed by atoms with van der Waals surface area (Å²) >= 11 is 0. The average molecular weight is 257 g/mol. The zero-order chi connectivity index (χ0) is 14.0. The molecule has 0 radical (unpaired) electrons. The van der Waals surface area contributed by atoms with E-state index in [9.17, 15) is 4.79 Å². The van der Waals surface area contributed by atoms with Gasteiger partial charge in [0.1, 0.15) is 6.04 Å². The van der Waals surface area contributed by atoms with Crippen molar-refractivity contribution in [3.8, 4) is 0 Å². The molecule has 0 aromatic heterocycles. The lowest BCUT2D eigenvalue weighted by Gasteiger charge is -2.49. The normalized spacial score (nSPS) is 24.6. The second-order valence-corrected chi connectivity index (χ2v) is 6.20. The summed E-state index contributed by atoms with van der Waals surface area (Å²) in [6.07, 6.45) is 0.769. The van der Waals surface area contributed by atoms with Gasteiger partial charge in [0.05, 0.1) is 17.8 Å². The SMILES string of the molecule is CCOC(=O)C(CC)N1CC(C)(C)OC(C)(C)C1. The molecule has 0 N–H and O–H groups in total. The van der Waals surface area contributed by atoms with Crippen molar-refractivity contribution >= 4 is 5.97 Å². The van der Waals surface area contributed by atoms with Crippen molar-refractivity contribution in [1.82, 2.24) is 4.90 Å². The lowest BCUT2D eigenvalue weighted by molar-refractivity contribution is -0.193. The van der Waals surface area contributed by atoms with E-state index in [1.54, 1.807) is 0 Å². The second kappa shape index (κ2) is 5.57. The summed E-state index contributed by atoms with van der Waals surface area (Å²) < 4.78 is 11.2. The van der Waals surface area contributed by atoms with Crippen LogP contribution >= 0.6 is 0 Å². The molecule has 0 aromatic rings. The van der Waals surface area contributed by atoms with E-state index in [0.29, 0.717) is 6.61 Å². The van der Waals surface area contributed by atoms with Crippen LogP contribution in [0.3, 0.4) is 0 Å². The lowest BCUT2D eigenvalue weighted by Crippen LogP contribution is -2.61. The number of hydrogen-bond acceptors (Lipinski definition) is 4. The number of esters is 1. The summed E-state index contributed by atoms with van der Waals surface area (Å²) in [4.78, 5) is 14.2. The number of carbonyl (C=O) groups is 1. The molecule has 0 saturated carbocycles. The molecule has 0 amide bonds. The van der Waals surface area contributed by atoms with Crippen molar-refractivity contribution in [2.45, 2.75) is 65.2 Å². The number of hydrogen-bond donors (Lipinski definition) is 0. The fraction of sp³-hybridized carbons (Fsp3) is 0.929. The molecule has 1 unspecified atom stereocenters. The van der Waals surface area contributed by atoms with Gasteiger partial charge in [-0.3, -0.25) is 9.69 Å². The molecule has 1 aliphatic heterocycles. The summed E-state index contributed by atoms with van der Waals surface area (Å²) in [5.41, 5.74) is -0.469.